The van der Waals surface area contributed by atoms with Crippen molar-refractivity contribution in [3.05, 3.63) is 78.0 Å². The maximum atomic E-state index is 12.3. The van der Waals surface area contributed by atoms with Crippen molar-refractivity contribution < 1.29 is 14.4 Å². The molecule has 29 heavy (non-hydrogen) atoms. The van der Waals surface area contributed by atoms with Gasteiger partial charge in [0, 0.05) is 12.5 Å². The molecule has 0 bridgehead atoms. The molecule has 8 nitrogen and oxygen atoms in total. The first-order valence-corrected chi connectivity index (χ1v) is 9.05. The molecule has 0 aliphatic rings. The Kier molecular flexibility index (Phi) is 6.36. The van der Waals surface area contributed by atoms with Gasteiger partial charge < -0.3 is 5.32 Å². The standard InChI is InChI=1S/C21H21N5O3/c1-14(27)22-17(15-8-4-2-5-9-15)13-20(28)25-26-21(29)19-12-18(23-24-19)16-10-6-3-7-11-16/h2-12,17H,13H2,1H3,(H,22,27)(H,23,24)(H,25,28)(H,26,29). The number of rotatable bonds is 6. The molecule has 3 rings (SSSR count). The van der Waals surface area contributed by atoms with E-state index in [4.69, 9.17) is 0 Å². The topological polar surface area (TPSA) is 116 Å². The lowest BCUT2D eigenvalue weighted by atomic mass is 10.0. The lowest BCUT2D eigenvalue weighted by Gasteiger charge is -2.18. The summed E-state index contributed by atoms with van der Waals surface area (Å²) in [6.45, 7) is 1.39. The van der Waals surface area contributed by atoms with Crippen LogP contribution in [0.5, 0.6) is 0 Å². The SMILES string of the molecule is CC(=O)NC(CC(=O)NNC(=O)c1cc(-c2ccccc2)n[nH]1)c1ccccc1. The summed E-state index contributed by atoms with van der Waals surface area (Å²) < 4.78 is 0. The van der Waals surface area contributed by atoms with Crippen LogP contribution in [-0.4, -0.2) is 27.9 Å². The molecule has 4 N–H and O–H groups in total. The van der Waals surface area contributed by atoms with Crippen molar-refractivity contribution in [1.82, 2.24) is 26.4 Å². The van der Waals surface area contributed by atoms with Gasteiger partial charge in [0.05, 0.1) is 18.2 Å². The third-order valence-corrected chi connectivity index (χ3v) is 4.18. The number of carbonyl (C=O) groups is 3. The Hall–Kier alpha value is -3.94. The summed E-state index contributed by atoms with van der Waals surface area (Å²) in [6.07, 6.45) is -0.0257. The highest BCUT2D eigenvalue weighted by Crippen LogP contribution is 2.17. The summed E-state index contributed by atoms with van der Waals surface area (Å²) in [5.74, 6) is -1.21. The fourth-order valence-electron chi connectivity index (χ4n) is 2.81. The number of H-pyrrole nitrogens is 1. The number of hydrazine groups is 1. The van der Waals surface area contributed by atoms with Crippen molar-refractivity contribution in [3.8, 4) is 11.3 Å². The molecule has 0 saturated carbocycles. The Morgan fingerprint density at radius 1 is 0.966 bits per heavy atom. The van der Waals surface area contributed by atoms with E-state index < -0.39 is 17.9 Å². The maximum Gasteiger partial charge on any atom is 0.287 e. The predicted molar refractivity (Wildman–Crippen MR) is 107 cm³/mol. The Labute approximate surface area is 167 Å². The van der Waals surface area contributed by atoms with E-state index in [2.05, 4.69) is 26.4 Å². The number of carbonyl (C=O) groups excluding carboxylic acids is 3. The average Bonchev–Trinajstić information content (AvgIpc) is 3.23. The Balaban J connectivity index is 1.57. The monoisotopic (exact) mass is 391 g/mol. The van der Waals surface area contributed by atoms with Crippen LogP contribution in [0.4, 0.5) is 0 Å². The van der Waals surface area contributed by atoms with Crippen LogP contribution in [0.1, 0.15) is 35.4 Å². The second-order valence-corrected chi connectivity index (χ2v) is 6.40. The number of amides is 3. The lowest BCUT2D eigenvalue weighted by molar-refractivity contribution is -0.123. The summed E-state index contributed by atoms with van der Waals surface area (Å²) in [7, 11) is 0. The summed E-state index contributed by atoms with van der Waals surface area (Å²) in [5, 5.41) is 9.50. The number of nitrogens with zero attached hydrogens (tertiary/aromatic N) is 1. The molecule has 1 atom stereocenters. The summed E-state index contributed by atoms with van der Waals surface area (Å²) >= 11 is 0. The normalized spacial score (nSPS) is 11.3. The van der Waals surface area contributed by atoms with E-state index in [-0.39, 0.29) is 18.0 Å². The molecule has 0 radical (unpaired) electrons. The van der Waals surface area contributed by atoms with Gasteiger partial charge in [0.25, 0.3) is 5.91 Å². The van der Waals surface area contributed by atoms with E-state index in [1.165, 1.54) is 6.92 Å². The zero-order valence-electron chi connectivity index (χ0n) is 15.8. The van der Waals surface area contributed by atoms with Gasteiger partial charge in [0.15, 0.2) is 0 Å². The Morgan fingerprint density at radius 2 is 1.62 bits per heavy atom. The molecule has 148 valence electrons. The second kappa shape index (κ2) is 9.32. The number of hydrogen-bond donors (Lipinski definition) is 4. The van der Waals surface area contributed by atoms with Gasteiger partial charge in [0.1, 0.15) is 5.69 Å². The first-order chi connectivity index (χ1) is 14.0. The highest BCUT2D eigenvalue weighted by molar-refractivity contribution is 5.94. The van der Waals surface area contributed by atoms with E-state index in [1.54, 1.807) is 6.07 Å². The molecule has 8 heteroatoms. The third kappa shape index (κ3) is 5.52. The van der Waals surface area contributed by atoms with Crippen LogP contribution in [0.15, 0.2) is 66.7 Å². The highest BCUT2D eigenvalue weighted by Gasteiger charge is 2.18. The van der Waals surface area contributed by atoms with E-state index in [9.17, 15) is 14.4 Å². The maximum absolute atomic E-state index is 12.3. The first kappa shape index (κ1) is 19.8. The van der Waals surface area contributed by atoms with Gasteiger partial charge >= 0.3 is 0 Å². The number of aromatic nitrogens is 2. The molecule has 0 aliphatic carbocycles. The fraction of sp³-hybridized carbons (Fsp3) is 0.143. The molecule has 0 saturated heterocycles. The molecule has 3 amide bonds. The molecular weight excluding hydrogens is 370 g/mol. The molecule has 1 aromatic heterocycles. The fourth-order valence-corrected chi connectivity index (χ4v) is 2.81. The van der Waals surface area contributed by atoms with Crippen molar-refractivity contribution in [2.45, 2.75) is 19.4 Å². The zero-order chi connectivity index (χ0) is 20.6. The van der Waals surface area contributed by atoms with Gasteiger partial charge in [-0.15, -0.1) is 0 Å². The van der Waals surface area contributed by atoms with Crippen LogP contribution in [-0.2, 0) is 9.59 Å². The number of hydrogen-bond acceptors (Lipinski definition) is 4. The van der Waals surface area contributed by atoms with Crippen molar-refractivity contribution in [1.29, 1.82) is 0 Å². The average molecular weight is 391 g/mol. The van der Waals surface area contributed by atoms with Crippen molar-refractivity contribution in [3.63, 3.8) is 0 Å². The van der Waals surface area contributed by atoms with Gasteiger partial charge in [-0.05, 0) is 11.6 Å². The van der Waals surface area contributed by atoms with Crippen LogP contribution >= 0.6 is 0 Å². The van der Waals surface area contributed by atoms with E-state index >= 15 is 0 Å². The molecule has 1 heterocycles. The Bertz CT molecular complexity index is 986. The minimum atomic E-state index is -0.524. The minimum Gasteiger partial charge on any atom is -0.349 e. The van der Waals surface area contributed by atoms with E-state index in [1.807, 2.05) is 60.7 Å². The molecule has 3 aromatic rings. The van der Waals surface area contributed by atoms with Gasteiger partial charge in [-0.1, -0.05) is 60.7 Å². The second-order valence-electron chi connectivity index (χ2n) is 6.40. The van der Waals surface area contributed by atoms with Crippen LogP contribution in [0.3, 0.4) is 0 Å². The van der Waals surface area contributed by atoms with Gasteiger partial charge in [-0.2, -0.15) is 5.10 Å². The van der Waals surface area contributed by atoms with Crippen LogP contribution in [0.25, 0.3) is 11.3 Å². The molecule has 0 spiro atoms. The zero-order valence-corrected chi connectivity index (χ0v) is 15.8. The molecule has 2 aromatic carbocycles. The molecular formula is C21H21N5O3. The van der Waals surface area contributed by atoms with Gasteiger partial charge in [-0.3, -0.25) is 30.3 Å². The molecule has 1 unspecified atom stereocenters. The number of aromatic amines is 1. The minimum absolute atomic E-state index is 0.0257. The molecule has 0 fully saturated rings. The smallest absolute Gasteiger partial charge is 0.287 e. The van der Waals surface area contributed by atoms with Crippen LogP contribution in [0.2, 0.25) is 0 Å². The molecule has 0 aliphatic heterocycles. The Morgan fingerprint density at radius 3 is 2.28 bits per heavy atom. The van der Waals surface area contributed by atoms with Crippen molar-refractivity contribution in [2.75, 3.05) is 0 Å². The number of benzene rings is 2. The highest BCUT2D eigenvalue weighted by atomic mass is 16.2. The van der Waals surface area contributed by atoms with Crippen LogP contribution in [0, 0.1) is 0 Å². The van der Waals surface area contributed by atoms with Gasteiger partial charge in [-0.25, -0.2) is 0 Å². The largest absolute Gasteiger partial charge is 0.349 e. The quantitative estimate of drug-likeness (QED) is 0.482. The van der Waals surface area contributed by atoms with Gasteiger partial charge in [0.2, 0.25) is 11.8 Å². The van der Waals surface area contributed by atoms with Crippen molar-refractivity contribution in [2.24, 2.45) is 0 Å². The summed E-state index contributed by atoms with van der Waals surface area (Å²) in [5.41, 5.74) is 7.22. The van der Waals surface area contributed by atoms with E-state index in [0.29, 0.717) is 5.69 Å². The predicted octanol–water partition coefficient (Wildman–Crippen LogP) is 2.11. The van der Waals surface area contributed by atoms with Crippen LogP contribution < -0.4 is 16.2 Å². The van der Waals surface area contributed by atoms with Crippen molar-refractivity contribution >= 4 is 17.7 Å². The van der Waals surface area contributed by atoms with E-state index in [0.717, 1.165) is 11.1 Å². The first-order valence-electron chi connectivity index (χ1n) is 9.05. The number of nitrogens with one attached hydrogen (secondary N) is 4. The summed E-state index contributed by atoms with van der Waals surface area (Å²) in [4.78, 5) is 36.0. The summed E-state index contributed by atoms with van der Waals surface area (Å²) in [6, 6.07) is 19.7. The third-order valence-electron chi connectivity index (χ3n) is 4.18. The lowest BCUT2D eigenvalue weighted by Crippen LogP contribution is -2.43.